The van der Waals surface area contributed by atoms with Gasteiger partial charge in [-0.1, -0.05) is 131 Å². The van der Waals surface area contributed by atoms with Crippen LogP contribution in [-0.4, -0.2) is 60.0 Å². The molecule has 0 radical (unpaired) electrons. The molecule has 4 aromatic rings. The van der Waals surface area contributed by atoms with Crippen LogP contribution in [0.2, 0.25) is 0 Å². The summed E-state index contributed by atoms with van der Waals surface area (Å²) in [5, 5.41) is 27.2. The van der Waals surface area contributed by atoms with Gasteiger partial charge in [-0.25, -0.2) is 0 Å². The maximum absolute atomic E-state index is 14.5. The van der Waals surface area contributed by atoms with Crippen molar-refractivity contribution >= 4 is 45.2 Å². The van der Waals surface area contributed by atoms with Gasteiger partial charge in [-0.2, -0.15) is 0 Å². The van der Waals surface area contributed by atoms with Crippen molar-refractivity contribution in [3.8, 4) is 0 Å². The normalized spacial score (nSPS) is 13.9. The number of carbonyl (C=O) groups is 4. The van der Waals surface area contributed by atoms with Crippen LogP contribution in [0, 0.1) is 17.8 Å². The van der Waals surface area contributed by atoms with Crippen LogP contribution < -0.4 is 21.3 Å². The molecule has 9 nitrogen and oxygen atoms in total. The van der Waals surface area contributed by atoms with E-state index in [-0.39, 0.29) is 43.0 Å². The fourth-order valence-corrected chi connectivity index (χ4v) is 6.71. The number of hydrogen-bond donors (Lipinski definition) is 5. The highest BCUT2D eigenvalue weighted by Crippen LogP contribution is 2.26. The topological polar surface area (TPSA) is 137 Å². The van der Waals surface area contributed by atoms with E-state index in [0.29, 0.717) is 31.7 Å². The van der Waals surface area contributed by atoms with Gasteiger partial charge in [-0.3, -0.25) is 19.2 Å². The second-order valence-corrected chi connectivity index (χ2v) is 14.9. The molecule has 0 saturated carbocycles. The quantitative estimate of drug-likeness (QED) is 0.0670. The van der Waals surface area contributed by atoms with E-state index in [9.17, 15) is 24.3 Å². The molecule has 0 aliphatic carbocycles. The Labute approximate surface area is 320 Å². The van der Waals surface area contributed by atoms with Gasteiger partial charge in [0.1, 0.15) is 6.04 Å². The molecule has 3 unspecified atom stereocenters. The van der Waals surface area contributed by atoms with Crippen molar-refractivity contribution in [3.05, 3.63) is 108 Å². The highest BCUT2D eigenvalue weighted by molar-refractivity contribution is 5.91. The summed E-state index contributed by atoms with van der Waals surface area (Å²) >= 11 is 0. The molecule has 0 aliphatic rings. The highest BCUT2D eigenvalue weighted by Gasteiger charge is 2.30. The van der Waals surface area contributed by atoms with Gasteiger partial charge in [0.2, 0.25) is 23.6 Å². The lowest BCUT2D eigenvalue weighted by atomic mass is 9.87. The van der Waals surface area contributed by atoms with Crippen molar-refractivity contribution in [2.45, 2.75) is 91.3 Å². The molecule has 4 atom stereocenters. The maximum Gasteiger partial charge on any atom is 0.243 e. The van der Waals surface area contributed by atoms with E-state index in [1.165, 1.54) is 6.92 Å². The molecule has 0 fully saturated rings. The number of benzene rings is 4. The van der Waals surface area contributed by atoms with Crippen LogP contribution >= 0.6 is 0 Å². The average molecular weight is 735 g/mol. The van der Waals surface area contributed by atoms with Gasteiger partial charge in [0.25, 0.3) is 0 Å². The minimum Gasteiger partial charge on any atom is -0.390 e. The Kier molecular flexibility index (Phi) is 16.2. The number of nitrogens with one attached hydrogen (secondary N) is 4. The van der Waals surface area contributed by atoms with Crippen molar-refractivity contribution in [3.63, 3.8) is 0 Å². The summed E-state index contributed by atoms with van der Waals surface area (Å²) in [6.45, 7) is 10.3. The van der Waals surface area contributed by atoms with E-state index in [1.807, 2.05) is 57.2 Å². The number of amides is 4. The maximum atomic E-state index is 14.5. The van der Waals surface area contributed by atoms with Crippen LogP contribution in [0.1, 0.15) is 71.4 Å². The summed E-state index contributed by atoms with van der Waals surface area (Å²) in [6, 6.07) is 26.8. The van der Waals surface area contributed by atoms with E-state index in [4.69, 9.17) is 0 Å². The van der Waals surface area contributed by atoms with Crippen molar-refractivity contribution in [2.75, 3.05) is 13.1 Å². The first-order chi connectivity index (χ1) is 25.9. The molecule has 0 aliphatic heterocycles. The first kappa shape index (κ1) is 41.7. The van der Waals surface area contributed by atoms with E-state index in [0.717, 1.165) is 39.1 Å². The zero-order chi connectivity index (χ0) is 39.0. The minimum absolute atomic E-state index is 0.115. The fourth-order valence-electron chi connectivity index (χ4n) is 6.71. The second kappa shape index (κ2) is 21.0. The van der Waals surface area contributed by atoms with Gasteiger partial charge in [-0.05, 0) is 70.2 Å². The summed E-state index contributed by atoms with van der Waals surface area (Å²) in [5.41, 5.74) is 2.08. The first-order valence-electron chi connectivity index (χ1n) is 19.3. The summed E-state index contributed by atoms with van der Waals surface area (Å²) in [6.07, 6.45) is 4.66. The van der Waals surface area contributed by atoms with Crippen LogP contribution in [0.15, 0.2) is 97.1 Å². The van der Waals surface area contributed by atoms with E-state index >= 15 is 0 Å². The lowest BCUT2D eigenvalue weighted by Crippen LogP contribution is -2.54. The van der Waals surface area contributed by atoms with E-state index < -0.39 is 30.0 Å². The third kappa shape index (κ3) is 12.8. The lowest BCUT2D eigenvalue weighted by molar-refractivity contribution is -0.132. The van der Waals surface area contributed by atoms with Crippen molar-refractivity contribution in [2.24, 2.45) is 17.8 Å². The third-order valence-corrected chi connectivity index (χ3v) is 9.96. The Morgan fingerprint density at radius 3 is 1.85 bits per heavy atom. The predicted molar refractivity (Wildman–Crippen MR) is 218 cm³/mol. The van der Waals surface area contributed by atoms with Crippen LogP contribution in [-0.2, 0) is 32.0 Å². The highest BCUT2D eigenvalue weighted by atomic mass is 16.3. The molecule has 4 rings (SSSR count). The van der Waals surface area contributed by atoms with Gasteiger partial charge in [0, 0.05) is 25.9 Å². The monoisotopic (exact) mass is 734 g/mol. The Morgan fingerprint density at radius 1 is 0.722 bits per heavy atom. The van der Waals surface area contributed by atoms with Crippen molar-refractivity contribution < 1.29 is 24.3 Å². The Morgan fingerprint density at radius 2 is 1.30 bits per heavy atom. The number of hydrogen-bond acceptors (Lipinski definition) is 5. The Bertz CT molecular complexity index is 1800. The van der Waals surface area contributed by atoms with Gasteiger partial charge in [-0.15, -0.1) is 0 Å². The van der Waals surface area contributed by atoms with Gasteiger partial charge in [0.05, 0.1) is 18.6 Å². The lowest BCUT2D eigenvalue weighted by Gasteiger charge is -2.29. The summed E-state index contributed by atoms with van der Waals surface area (Å²) < 4.78 is 0. The molecule has 288 valence electrons. The number of aliphatic hydroxyl groups excluding tert-OH is 1. The average Bonchev–Trinajstić information content (AvgIpc) is 3.15. The number of fused-ring (bicyclic) bond motifs is 2. The minimum atomic E-state index is -1.12. The largest absolute Gasteiger partial charge is 0.390 e. The SMILES string of the molecule is CCC(C)CNC(=O)C[C@H](O)C(CC(C)C)NC(=O)C(C/C=C\CNC(C)=O)NC(=O)C(Cc1cccc2ccccc12)Cc1cccc2ccccc12. The van der Waals surface area contributed by atoms with E-state index in [2.05, 4.69) is 76.7 Å². The zero-order valence-electron chi connectivity index (χ0n) is 32.4. The Hall–Kier alpha value is -5.02. The predicted octanol–water partition coefficient (Wildman–Crippen LogP) is 6.41. The molecule has 0 spiro atoms. The molecule has 4 aromatic carbocycles. The van der Waals surface area contributed by atoms with Crippen LogP contribution in [0.4, 0.5) is 0 Å². The molecule has 0 bridgehead atoms. The van der Waals surface area contributed by atoms with Gasteiger partial charge >= 0.3 is 0 Å². The van der Waals surface area contributed by atoms with Crippen molar-refractivity contribution in [1.29, 1.82) is 0 Å². The molecule has 4 amide bonds. The molecule has 9 heteroatoms. The molecular formula is C45H58N4O5. The standard InChI is InChI=1S/C45H58N4O5/c1-6-31(4)29-47-43(52)28-42(51)41(25-30(2)3)49-45(54)40(23-11-12-24-46-32(5)50)48-44(53)37(26-35-19-13-17-33-15-7-9-21-38(33)35)27-36-20-14-18-34-16-8-10-22-39(34)36/h7-22,30-31,37,40-42,51H,6,23-29H2,1-5H3,(H,46,50)(H,47,52)(H,48,53)(H,49,54)/b12-11-/t31?,40?,41?,42-/m0/s1. The van der Waals surface area contributed by atoms with Crippen LogP contribution in [0.25, 0.3) is 21.5 Å². The molecule has 5 N–H and O–H groups in total. The number of aliphatic hydroxyl groups is 1. The van der Waals surface area contributed by atoms with Crippen LogP contribution in [0.5, 0.6) is 0 Å². The van der Waals surface area contributed by atoms with Gasteiger partial charge in [0.15, 0.2) is 0 Å². The second-order valence-electron chi connectivity index (χ2n) is 14.9. The summed E-state index contributed by atoms with van der Waals surface area (Å²) in [5.74, 6) is -1.27. The van der Waals surface area contributed by atoms with Crippen LogP contribution in [0.3, 0.4) is 0 Å². The molecule has 0 aromatic heterocycles. The Balaban J connectivity index is 1.62. The first-order valence-corrected chi connectivity index (χ1v) is 19.3. The molecule has 0 saturated heterocycles. The zero-order valence-corrected chi connectivity index (χ0v) is 32.4. The fraction of sp³-hybridized carbons (Fsp3) is 0.422. The molecular weight excluding hydrogens is 677 g/mol. The van der Waals surface area contributed by atoms with Crippen molar-refractivity contribution in [1.82, 2.24) is 21.3 Å². The number of rotatable bonds is 20. The summed E-state index contributed by atoms with van der Waals surface area (Å²) in [7, 11) is 0. The van der Waals surface area contributed by atoms with Gasteiger partial charge < -0.3 is 26.4 Å². The summed E-state index contributed by atoms with van der Waals surface area (Å²) in [4.78, 5) is 52.9. The smallest absolute Gasteiger partial charge is 0.243 e. The van der Waals surface area contributed by atoms with E-state index in [1.54, 1.807) is 12.2 Å². The molecule has 54 heavy (non-hydrogen) atoms. The molecule has 0 heterocycles. The number of carbonyl (C=O) groups excluding carboxylic acids is 4. The third-order valence-electron chi connectivity index (χ3n) is 9.96.